The molecule has 1 aromatic rings. The van der Waals surface area contributed by atoms with Crippen LogP contribution >= 0.6 is 22.6 Å². The second-order valence-electron chi connectivity index (χ2n) is 2.50. The Bertz CT molecular complexity index is 472. The van der Waals surface area contributed by atoms with Crippen molar-refractivity contribution < 1.29 is 8.42 Å². The molecule has 1 aliphatic rings. The fourth-order valence-corrected chi connectivity index (χ4v) is 3.91. The Morgan fingerprint density at radius 2 is 2.25 bits per heavy atom. The number of aryl methyl sites for hydroxylation is 1. The highest BCUT2D eigenvalue weighted by atomic mass is 127. The summed E-state index contributed by atoms with van der Waals surface area (Å²) in [7, 11) is -1.57. The monoisotopic (exact) mass is 296 g/mol. The van der Waals surface area contributed by atoms with Gasteiger partial charge >= 0.3 is 0 Å². The Kier molecular flexibility index (Phi) is 1.59. The third-order valence-electron chi connectivity index (χ3n) is 1.71. The van der Waals surface area contributed by atoms with Gasteiger partial charge in [0.1, 0.15) is 8.61 Å². The van der Waals surface area contributed by atoms with E-state index in [1.54, 1.807) is 23.9 Å². The van der Waals surface area contributed by atoms with Crippen molar-refractivity contribution in [2.75, 3.05) is 0 Å². The Hall–Kier alpha value is -0.370. The summed E-state index contributed by atoms with van der Waals surface area (Å²) in [5.41, 5.74) is 0.690. The van der Waals surface area contributed by atoms with Crippen LogP contribution in [0.15, 0.2) is 21.6 Å². The van der Waals surface area contributed by atoms with Gasteiger partial charge in [-0.3, -0.25) is 0 Å². The van der Waals surface area contributed by atoms with E-state index in [-0.39, 0.29) is 0 Å². The van der Waals surface area contributed by atoms with Gasteiger partial charge in [0.15, 0.2) is 0 Å². The molecule has 0 bridgehead atoms. The van der Waals surface area contributed by atoms with E-state index in [2.05, 4.69) is 4.40 Å². The average molecular weight is 296 g/mol. The van der Waals surface area contributed by atoms with E-state index in [4.69, 9.17) is 0 Å². The largest absolute Gasteiger partial charge is 0.348 e. The van der Waals surface area contributed by atoms with Gasteiger partial charge in [-0.05, 0) is 28.7 Å². The Morgan fingerprint density at radius 1 is 1.58 bits per heavy atom. The average Bonchev–Trinajstić information content (AvgIpc) is 2.38. The van der Waals surface area contributed by atoms with Crippen LogP contribution in [0.25, 0.3) is 0 Å². The van der Waals surface area contributed by atoms with E-state index < -0.39 is 10.0 Å². The molecule has 0 spiro atoms. The van der Waals surface area contributed by atoms with Crippen LogP contribution in [0.2, 0.25) is 0 Å². The predicted octanol–water partition coefficient (Wildman–Crippen LogP) is 0.909. The summed E-state index contributed by atoms with van der Waals surface area (Å²) in [5, 5.41) is 0. The molecule has 6 heteroatoms. The first kappa shape index (κ1) is 8.24. The second-order valence-corrected chi connectivity index (χ2v) is 5.09. The molecule has 2 heterocycles. The van der Waals surface area contributed by atoms with E-state index >= 15 is 0 Å². The van der Waals surface area contributed by atoms with Crippen molar-refractivity contribution in [1.82, 2.24) is 4.57 Å². The van der Waals surface area contributed by atoms with Crippen molar-refractivity contribution in [2.45, 2.75) is 4.90 Å². The first-order valence-electron chi connectivity index (χ1n) is 3.18. The van der Waals surface area contributed by atoms with Gasteiger partial charge in [0, 0.05) is 13.2 Å². The molecule has 12 heavy (non-hydrogen) atoms. The molecule has 0 saturated carbocycles. The van der Waals surface area contributed by atoms with Crippen LogP contribution in [0, 0.1) is 0 Å². The highest BCUT2D eigenvalue weighted by Gasteiger charge is 2.29. The molecule has 0 atom stereocenters. The summed E-state index contributed by atoms with van der Waals surface area (Å²) in [6.07, 6.45) is 1.72. The van der Waals surface area contributed by atoms with Crippen molar-refractivity contribution in [3.05, 3.63) is 18.0 Å². The van der Waals surface area contributed by atoms with Crippen molar-refractivity contribution in [3.8, 4) is 0 Å². The van der Waals surface area contributed by atoms with Gasteiger partial charge in [0.05, 0.1) is 5.69 Å². The van der Waals surface area contributed by atoms with E-state index in [1.807, 2.05) is 22.6 Å². The molecule has 0 saturated heterocycles. The van der Waals surface area contributed by atoms with Gasteiger partial charge in [-0.25, -0.2) is 0 Å². The topological polar surface area (TPSA) is 51.4 Å². The van der Waals surface area contributed by atoms with Gasteiger partial charge in [-0.2, -0.15) is 12.8 Å². The Morgan fingerprint density at radius 3 is 2.83 bits per heavy atom. The van der Waals surface area contributed by atoms with Crippen LogP contribution in [0.3, 0.4) is 0 Å². The molecular weight excluding hydrogens is 291 g/mol. The van der Waals surface area contributed by atoms with Crippen molar-refractivity contribution in [3.63, 3.8) is 0 Å². The first-order chi connectivity index (χ1) is 5.52. The Balaban J connectivity index is 2.88. The second kappa shape index (κ2) is 2.32. The van der Waals surface area contributed by atoms with Gasteiger partial charge in [-0.15, -0.1) is 0 Å². The minimum atomic E-state index is -3.37. The fraction of sp³-hybridized carbons (Fsp3) is 0.167. The third-order valence-corrected chi connectivity index (χ3v) is 4.10. The van der Waals surface area contributed by atoms with E-state index in [0.29, 0.717) is 14.3 Å². The van der Waals surface area contributed by atoms with E-state index in [0.717, 1.165) is 0 Å². The highest BCUT2D eigenvalue weighted by molar-refractivity contribution is 14.1. The number of halogens is 1. The zero-order valence-electron chi connectivity index (χ0n) is 6.15. The molecule has 1 aromatic heterocycles. The van der Waals surface area contributed by atoms with Crippen LogP contribution in [-0.2, 0) is 17.1 Å². The molecule has 0 N–H and O–H groups in total. The minimum absolute atomic E-state index is 0.314. The lowest BCUT2D eigenvalue weighted by Crippen LogP contribution is -1.96. The molecule has 4 nitrogen and oxygen atoms in total. The summed E-state index contributed by atoms with van der Waals surface area (Å²) < 4.78 is 28.4. The van der Waals surface area contributed by atoms with Gasteiger partial charge in [0.2, 0.25) is 0 Å². The van der Waals surface area contributed by atoms with Crippen molar-refractivity contribution in [2.24, 2.45) is 11.4 Å². The number of hydrogen-bond acceptors (Lipinski definition) is 2. The lowest BCUT2D eigenvalue weighted by molar-refractivity contribution is 0.599. The summed E-state index contributed by atoms with van der Waals surface area (Å²) in [6, 6.07) is 1.57. The number of hydrogen-bond donors (Lipinski definition) is 0. The Labute approximate surface area is 83.5 Å². The van der Waals surface area contributed by atoms with Gasteiger partial charge in [-0.1, -0.05) is 0 Å². The SMILES string of the molecule is Cn1ccc2c1C(I)=NS2(=O)=O. The number of fused-ring (bicyclic) bond motifs is 1. The third kappa shape index (κ3) is 0.939. The molecule has 0 aromatic carbocycles. The standard InChI is InChI=1S/C6H5IN2O2S/c1-9-3-2-4-5(9)6(7)8-12(4,10)11/h2-3H,1H3. The normalized spacial score (nSPS) is 19.0. The van der Waals surface area contributed by atoms with Crippen molar-refractivity contribution in [1.29, 1.82) is 0 Å². The van der Waals surface area contributed by atoms with Crippen LogP contribution in [-0.4, -0.2) is 16.7 Å². The summed E-state index contributed by atoms with van der Waals surface area (Å²) in [4.78, 5) is 0.314. The highest BCUT2D eigenvalue weighted by Crippen LogP contribution is 2.28. The zero-order valence-corrected chi connectivity index (χ0v) is 9.13. The van der Waals surface area contributed by atoms with Crippen LogP contribution in [0.1, 0.15) is 5.69 Å². The van der Waals surface area contributed by atoms with E-state index in [1.165, 1.54) is 0 Å². The van der Waals surface area contributed by atoms with Gasteiger partial charge < -0.3 is 4.57 Å². The molecular formula is C6H5IN2O2S. The molecule has 0 radical (unpaired) electrons. The lowest BCUT2D eigenvalue weighted by Gasteiger charge is -1.94. The summed E-state index contributed by atoms with van der Waals surface area (Å²) in [6.45, 7) is 0. The minimum Gasteiger partial charge on any atom is -0.348 e. The maximum atomic E-state index is 11.3. The molecule has 0 unspecified atom stereocenters. The van der Waals surface area contributed by atoms with Crippen molar-refractivity contribution >= 4 is 36.3 Å². The molecule has 0 aliphatic carbocycles. The number of nitrogens with zero attached hydrogens (tertiary/aromatic N) is 2. The number of aromatic nitrogens is 1. The van der Waals surface area contributed by atoms with Gasteiger partial charge in [0.25, 0.3) is 10.0 Å². The maximum absolute atomic E-state index is 11.3. The summed E-state index contributed by atoms with van der Waals surface area (Å²) in [5.74, 6) is 0. The first-order valence-corrected chi connectivity index (χ1v) is 5.70. The maximum Gasteiger partial charge on any atom is 0.285 e. The van der Waals surface area contributed by atoms with Crippen LogP contribution in [0.5, 0.6) is 0 Å². The van der Waals surface area contributed by atoms with Crippen LogP contribution < -0.4 is 0 Å². The molecule has 2 rings (SSSR count). The quantitative estimate of drug-likeness (QED) is 0.668. The molecule has 0 amide bonds. The predicted molar refractivity (Wildman–Crippen MR) is 53.2 cm³/mol. The van der Waals surface area contributed by atoms with E-state index in [9.17, 15) is 8.42 Å². The fourth-order valence-electron chi connectivity index (χ4n) is 1.16. The lowest BCUT2D eigenvalue weighted by atomic mass is 10.5. The zero-order chi connectivity index (χ0) is 8.93. The van der Waals surface area contributed by atoms with Crippen LogP contribution in [0.4, 0.5) is 0 Å². The summed E-state index contributed by atoms with van der Waals surface area (Å²) >= 11 is 1.92. The molecule has 0 fully saturated rings. The number of sulfonamides is 1. The molecule has 64 valence electrons. The number of rotatable bonds is 0. The molecule has 1 aliphatic heterocycles. The smallest absolute Gasteiger partial charge is 0.285 e.